The van der Waals surface area contributed by atoms with Crippen molar-refractivity contribution in [2.24, 2.45) is 0 Å². The molecule has 0 spiro atoms. The van der Waals surface area contributed by atoms with Crippen molar-refractivity contribution < 1.29 is 4.79 Å². The highest BCUT2D eigenvalue weighted by molar-refractivity contribution is 7.11. The minimum atomic E-state index is 0.154. The van der Waals surface area contributed by atoms with Crippen LogP contribution in [0.5, 0.6) is 0 Å². The molecule has 1 N–H and O–H groups in total. The lowest BCUT2D eigenvalue weighted by Gasteiger charge is -2.43. The molecule has 2 aliphatic rings. The van der Waals surface area contributed by atoms with E-state index >= 15 is 0 Å². The summed E-state index contributed by atoms with van der Waals surface area (Å²) in [5.41, 5.74) is 2.61. The first kappa shape index (κ1) is 12.1. The van der Waals surface area contributed by atoms with E-state index in [4.69, 9.17) is 0 Å². The molecule has 0 bridgehead atoms. The second-order valence-corrected chi connectivity index (χ2v) is 5.76. The first-order chi connectivity index (χ1) is 8.75. The Labute approximate surface area is 111 Å². The molecule has 2 aliphatic heterocycles. The van der Waals surface area contributed by atoms with Gasteiger partial charge in [0.1, 0.15) is 4.88 Å². The van der Waals surface area contributed by atoms with E-state index < -0.39 is 0 Å². The molecule has 2 fully saturated rings. The van der Waals surface area contributed by atoms with Crippen molar-refractivity contribution in [1.82, 2.24) is 20.1 Å². The Morgan fingerprint density at radius 2 is 2.11 bits per heavy atom. The molecule has 0 aliphatic carbocycles. The van der Waals surface area contributed by atoms with E-state index in [2.05, 4.69) is 15.2 Å². The van der Waals surface area contributed by atoms with Crippen LogP contribution in [-0.2, 0) is 0 Å². The van der Waals surface area contributed by atoms with Gasteiger partial charge in [-0.25, -0.2) is 4.98 Å². The lowest BCUT2D eigenvalue weighted by atomic mass is 10.1. The lowest BCUT2D eigenvalue weighted by Crippen LogP contribution is -2.62. The highest BCUT2D eigenvalue weighted by atomic mass is 32.1. The molecule has 2 saturated heterocycles. The fourth-order valence-electron chi connectivity index (χ4n) is 2.47. The molecule has 0 radical (unpaired) electrons. The van der Waals surface area contributed by atoms with Gasteiger partial charge in [-0.2, -0.15) is 0 Å². The van der Waals surface area contributed by atoms with E-state index in [1.807, 2.05) is 11.8 Å². The van der Waals surface area contributed by atoms with Crippen LogP contribution in [0.3, 0.4) is 0 Å². The molecule has 0 aromatic carbocycles. The summed E-state index contributed by atoms with van der Waals surface area (Å²) >= 11 is 1.45. The van der Waals surface area contributed by atoms with Crippen molar-refractivity contribution in [3.8, 4) is 0 Å². The van der Waals surface area contributed by atoms with Gasteiger partial charge in [0.25, 0.3) is 5.91 Å². The van der Waals surface area contributed by atoms with E-state index in [-0.39, 0.29) is 5.91 Å². The van der Waals surface area contributed by atoms with Crippen molar-refractivity contribution in [2.75, 3.05) is 39.3 Å². The number of nitrogens with one attached hydrogen (secondary N) is 1. The summed E-state index contributed by atoms with van der Waals surface area (Å²) < 4.78 is 0. The smallest absolute Gasteiger partial charge is 0.265 e. The number of aryl methyl sites for hydroxylation is 1. The van der Waals surface area contributed by atoms with E-state index in [0.717, 1.165) is 49.8 Å². The van der Waals surface area contributed by atoms with Crippen molar-refractivity contribution in [3.05, 3.63) is 16.1 Å². The second kappa shape index (κ2) is 4.95. The Hall–Kier alpha value is -0.980. The van der Waals surface area contributed by atoms with Gasteiger partial charge in [0.15, 0.2) is 0 Å². The van der Waals surface area contributed by atoms with Crippen LogP contribution in [0.2, 0.25) is 0 Å². The SMILES string of the molecule is Cc1ncsc1C(=O)N1CCN(C2CNC2)CC1. The first-order valence-electron chi connectivity index (χ1n) is 6.40. The summed E-state index contributed by atoms with van der Waals surface area (Å²) in [6, 6.07) is 0.687. The fourth-order valence-corrected chi connectivity index (χ4v) is 3.24. The molecule has 0 unspecified atom stereocenters. The maximum atomic E-state index is 12.3. The minimum absolute atomic E-state index is 0.154. The third-order valence-electron chi connectivity index (χ3n) is 3.82. The van der Waals surface area contributed by atoms with Crippen LogP contribution in [0, 0.1) is 6.92 Å². The molecule has 98 valence electrons. The third kappa shape index (κ3) is 2.15. The summed E-state index contributed by atoms with van der Waals surface area (Å²) in [7, 11) is 0. The highest BCUT2D eigenvalue weighted by Gasteiger charge is 2.30. The van der Waals surface area contributed by atoms with Gasteiger partial charge in [0, 0.05) is 45.3 Å². The molecular weight excluding hydrogens is 248 g/mol. The van der Waals surface area contributed by atoms with E-state index in [9.17, 15) is 4.79 Å². The molecule has 3 heterocycles. The Morgan fingerprint density at radius 1 is 1.39 bits per heavy atom. The summed E-state index contributed by atoms with van der Waals surface area (Å²) in [4.78, 5) is 21.7. The number of carbonyl (C=O) groups is 1. The second-order valence-electron chi connectivity index (χ2n) is 4.91. The van der Waals surface area contributed by atoms with Crippen LogP contribution in [0.15, 0.2) is 5.51 Å². The molecule has 1 aromatic heterocycles. The van der Waals surface area contributed by atoms with Gasteiger partial charge in [-0.3, -0.25) is 9.69 Å². The van der Waals surface area contributed by atoms with Gasteiger partial charge < -0.3 is 10.2 Å². The van der Waals surface area contributed by atoms with Crippen molar-refractivity contribution >= 4 is 17.2 Å². The molecule has 1 amide bonds. The first-order valence-corrected chi connectivity index (χ1v) is 7.28. The summed E-state index contributed by atoms with van der Waals surface area (Å²) in [6.45, 7) is 7.77. The zero-order valence-electron chi connectivity index (χ0n) is 10.6. The van der Waals surface area contributed by atoms with Crippen LogP contribution >= 0.6 is 11.3 Å². The molecule has 5 nitrogen and oxygen atoms in total. The Balaban J connectivity index is 1.59. The van der Waals surface area contributed by atoms with Crippen LogP contribution in [0.25, 0.3) is 0 Å². The standard InChI is InChI=1S/C12H18N4OS/c1-9-11(18-8-14-9)12(17)16-4-2-15(3-5-16)10-6-13-7-10/h8,10,13H,2-7H2,1H3. The maximum Gasteiger partial charge on any atom is 0.265 e. The summed E-state index contributed by atoms with van der Waals surface area (Å²) in [5.74, 6) is 0.154. The van der Waals surface area contributed by atoms with Gasteiger partial charge in [-0.05, 0) is 6.92 Å². The van der Waals surface area contributed by atoms with Gasteiger partial charge in [-0.1, -0.05) is 0 Å². The average molecular weight is 266 g/mol. The number of carbonyl (C=O) groups excluding carboxylic acids is 1. The summed E-state index contributed by atoms with van der Waals surface area (Å²) in [5, 5.41) is 3.29. The van der Waals surface area contributed by atoms with Gasteiger partial charge in [-0.15, -0.1) is 11.3 Å². The Bertz CT molecular complexity index is 435. The van der Waals surface area contributed by atoms with Crippen LogP contribution < -0.4 is 5.32 Å². The average Bonchev–Trinajstić information content (AvgIpc) is 2.73. The molecule has 1 aromatic rings. The molecule has 6 heteroatoms. The number of nitrogens with zero attached hydrogens (tertiary/aromatic N) is 3. The topological polar surface area (TPSA) is 48.5 Å². The fraction of sp³-hybridized carbons (Fsp3) is 0.667. The zero-order chi connectivity index (χ0) is 12.5. The van der Waals surface area contributed by atoms with Crippen molar-refractivity contribution in [3.63, 3.8) is 0 Å². The van der Waals surface area contributed by atoms with E-state index in [1.54, 1.807) is 5.51 Å². The number of rotatable bonds is 2. The lowest BCUT2D eigenvalue weighted by molar-refractivity contribution is 0.0505. The Kier molecular flexibility index (Phi) is 3.32. The van der Waals surface area contributed by atoms with Crippen molar-refractivity contribution in [1.29, 1.82) is 0 Å². The number of thiazole rings is 1. The third-order valence-corrected chi connectivity index (χ3v) is 4.73. The molecule has 0 atom stereocenters. The largest absolute Gasteiger partial charge is 0.335 e. The highest BCUT2D eigenvalue weighted by Crippen LogP contribution is 2.17. The monoisotopic (exact) mass is 266 g/mol. The van der Waals surface area contributed by atoms with E-state index in [0.29, 0.717) is 6.04 Å². The van der Waals surface area contributed by atoms with Gasteiger partial charge in [0.05, 0.1) is 11.2 Å². The van der Waals surface area contributed by atoms with Gasteiger partial charge >= 0.3 is 0 Å². The van der Waals surface area contributed by atoms with Crippen LogP contribution in [0.1, 0.15) is 15.4 Å². The number of hydrogen-bond donors (Lipinski definition) is 1. The predicted octanol–water partition coefficient (Wildman–Crippen LogP) is 0.181. The van der Waals surface area contributed by atoms with E-state index in [1.165, 1.54) is 11.3 Å². The number of piperazine rings is 1. The Morgan fingerprint density at radius 3 is 2.61 bits per heavy atom. The number of hydrogen-bond acceptors (Lipinski definition) is 5. The molecule has 18 heavy (non-hydrogen) atoms. The number of amides is 1. The summed E-state index contributed by atoms with van der Waals surface area (Å²) in [6.07, 6.45) is 0. The van der Waals surface area contributed by atoms with Crippen molar-refractivity contribution in [2.45, 2.75) is 13.0 Å². The van der Waals surface area contributed by atoms with Crippen LogP contribution in [-0.4, -0.2) is 66.0 Å². The van der Waals surface area contributed by atoms with Crippen LogP contribution in [0.4, 0.5) is 0 Å². The normalized spacial score (nSPS) is 21.9. The predicted molar refractivity (Wildman–Crippen MR) is 71.0 cm³/mol. The maximum absolute atomic E-state index is 12.3. The zero-order valence-corrected chi connectivity index (χ0v) is 11.4. The molecular formula is C12H18N4OS. The number of aromatic nitrogens is 1. The quantitative estimate of drug-likeness (QED) is 0.830. The van der Waals surface area contributed by atoms with Gasteiger partial charge in [0.2, 0.25) is 0 Å². The molecule has 0 saturated carbocycles. The molecule has 3 rings (SSSR count). The minimum Gasteiger partial charge on any atom is -0.335 e.